The van der Waals surface area contributed by atoms with Gasteiger partial charge in [-0.3, -0.25) is 9.80 Å². The Labute approximate surface area is 223 Å². The number of likely N-dealkylation sites (tertiary alicyclic amines) is 1. The third-order valence-corrected chi connectivity index (χ3v) is 9.35. The number of aromatic nitrogens is 3. The number of carboxylic acids is 1. The highest BCUT2D eigenvalue weighted by atomic mass is 16.5. The third kappa shape index (κ3) is 4.08. The number of aromatic carboxylic acids is 1. The number of benzene rings is 1. The lowest BCUT2D eigenvalue weighted by Crippen LogP contribution is -2.62. The van der Waals surface area contributed by atoms with Crippen LogP contribution in [0.25, 0.3) is 16.7 Å². The molecule has 7 rings (SSSR count). The summed E-state index contributed by atoms with van der Waals surface area (Å²) in [5.74, 6) is -0.591. The van der Waals surface area contributed by atoms with Crippen LogP contribution in [-0.4, -0.2) is 100 Å². The summed E-state index contributed by atoms with van der Waals surface area (Å²) in [5.41, 5.74) is 3.69. The number of carboxylic acid groups (broad SMARTS) is 1. The first-order chi connectivity index (χ1) is 18.6. The Morgan fingerprint density at radius 2 is 1.79 bits per heavy atom. The molecule has 0 atom stereocenters. The van der Waals surface area contributed by atoms with Crippen molar-refractivity contribution in [2.75, 3.05) is 51.3 Å². The highest BCUT2D eigenvalue weighted by molar-refractivity contribution is 5.99. The van der Waals surface area contributed by atoms with Crippen LogP contribution < -0.4 is 4.90 Å². The molecular weight excluding hydrogens is 480 g/mol. The number of nitrogens with zero attached hydrogens (tertiary/aromatic N) is 6. The molecule has 38 heavy (non-hydrogen) atoms. The monoisotopic (exact) mass is 516 g/mol. The molecule has 1 aromatic carbocycles. The van der Waals surface area contributed by atoms with Crippen LogP contribution in [0.4, 0.5) is 5.69 Å². The largest absolute Gasteiger partial charge is 0.477 e. The molecule has 0 radical (unpaired) electrons. The lowest BCUT2D eigenvalue weighted by atomic mass is 9.81. The number of para-hydroxylation sites is 1. The van der Waals surface area contributed by atoms with Gasteiger partial charge in [0.2, 0.25) is 0 Å². The Bertz CT molecular complexity index is 1320. The normalized spacial score (nSPS) is 22.0. The van der Waals surface area contributed by atoms with E-state index in [1.807, 2.05) is 35.0 Å². The number of carbonyl (C=O) groups is 1. The Balaban J connectivity index is 1.15. The number of hydrogen-bond acceptors (Lipinski definition) is 7. The SMILES string of the molecule is CN(C1CCN(C2CN(c3cc(C(=O)O)nc4c3c(C3CCC3)nn4-c3ccccc3)C2)CC1)C1COC1. The maximum Gasteiger partial charge on any atom is 0.354 e. The lowest BCUT2D eigenvalue weighted by Gasteiger charge is -2.50. The second-order valence-corrected chi connectivity index (χ2v) is 11.5. The fraction of sp³-hybridized carbons (Fsp3) is 0.552. The van der Waals surface area contributed by atoms with Gasteiger partial charge in [0, 0.05) is 44.2 Å². The van der Waals surface area contributed by atoms with E-state index in [1.165, 1.54) is 19.3 Å². The van der Waals surface area contributed by atoms with Gasteiger partial charge < -0.3 is 14.7 Å². The summed E-state index contributed by atoms with van der Waals surface area (Å²) in [4.78, 5) is 24.3. The smallest absolute Gasteiger partial charge is 0.354 e. The summed E-state index contributed by atoms with van der Waals surface area (Å²) in [6, 6.07) is 13.5. The number of likely N-dealkylation sites (N-methyl/N-ethyl adjacent to an activating group) is 1. The number of hydrogen-bond donors (Lipinski definition) is 1. The van der Waals surface area contributed by atoms with Crippen molar-refractivity contribution >= 4 is 22.7 Å². The van der Waals surface area contributed by atoms with Crippen molar-refractivity contribution in [3.63, 3.8) is 0 Å². The van der Waals surface area contributed by atoms with Gasteiger partial charge in [0.05, 0.1) is 41.7 Å². The minimum absolute atomic E-state index is 0.0806. The Morgan fingerprint density at radius 3 is 2.39 bits per heavy atom. The zero-order valence-electron chi connectivity index (χ0n) is 22.0. The van der Waals surface area contributed by atoms with Crippen LogP contribution in [0, 0.1) is 0 Å². The first kappa shape index (κ1) is 24.1. The molecule has 1 saturated carbocycles. The lowest BCUT2D eigenvalue weighted by molar-refractivity contribution is -0.0776. The van der Waals surface area contributed by atoms with Crippen LogP contribution in [0.5, 0.6) is 0 Å². The molecule has 9 heteroatoms. The van der Waals surface area contributed by atoms with Crippen molar-refractivity contribution in [3.05, 3.63) is 47.8 Å². The molecule has 3 saturated heterocycles. The maximum atomic E-state index is 12.1. The second kappa shape index (κ2) is 9.63. The number of fused-ring (bicyclic) bond motifs is 1. The van der Waals surface area contributed by atoms with Crippen molar-refractivity contribution in [1.29, 1.82) is 0 Å². The summed E-state index contributed by atoms with van der Waals surface area (Å²) in [7, 11) is 2.25. The molecule has 4 fully saturated rings. The minimum Gasteiger partial charge on any atom is -0.477 e. The number of pyridine rings is 1. The van der Waals surface area contributed by atoms with E-state index in [1.54, 1.807) is 6.07 Å². The predicted molar refractivity (Wildman–Crippen MR) is 145 cm³/mol. The zero-order valence-corrected chi connectivity index (χ0v) is 22.0. The summed E-state index contributed by atoms with van der Waals surface area (Å²) in [6.07, 6.45) is 5.86. The van der Waals surface area contributed by atoms with Crippen molar-refractivity contribution < 1.29 is 14.6 Å². The quantitative estimate of drug-likeness (QED) is 0.512. The van der Waals surface area contributed by atoms with E-state index in [0.717, 1.165) is 74.7 Å². The molecule has 2 aromatic heterocycles. The highest BCUT2D eigenvalue weighted by Crippen LogP contribution is 2.43. The van der Waals surface area contributed by atoms with Crippen LogP contribution in [0.15, 0.2) is 36.4 Å². The van der Waals surface area contributed by atoms with Gasteiger partial charge in [-0.2, -0.15) is 5.10 Å². The topological polar surface area (TPSA) is 87.0 Å². The van der Waals surface area contributed by atoms with E-state index in [0.29, 0.717) is 29.7 Å². The molecule has 9 nitrogen and oxygen atoms in total. The molecule has 3 aliphatic heterocycles. The van der Waals surface area contributed by atoms with Crippen LogP contribution >= 0.6 is 0 Å². The number of rotatable bonds is 7. The first-order valence-electron chi connectivity index (χ1n) is 14.1. The van der Waals surface area contributed by atoms with Crippen LogP contribution in [0.3, 0.4) is 0 Å². The Kier molecular flexibility index (Phi) is 6.10. The molecular formula is C29H36N6O3. The van der Waals surface area contributed by atoms with Gasteiger partial charge in [-0.25, -0.2) is 14.5 Å². The van der Waals surface area contributed by atoms with Gasteiger partial charge in [-0.1, -0.05) is 24.6 Å². The molecule has 1 N–H and O–H groups in total. The van der Waals surface area contributed by atoms with Crippen molar-refractivity contribution in [2.24, 2.45) is 0 Å². The van der Waals surface area contributed by atoms with Crippen LogP contribution in [-0.2, 0) is 4.74 Å². The molecule has 0 unspecified atom stereocenters. The fourth-order valence-electron chi connectivity index (χ4n) is 6.50. The molecule has 3 aromatic rings. The second-order valence-electron chi connectivity index (χ2n) is 11.5. The number of piperidine rings is 1. The van der Waals surface area contributed by atoms with Crippen LogP contribution in [0.1, 0.15) is 54.2 Å². The van der Waals surface area contributed by atoms with Crippen molar-refractivity contribution in [3.8, 4) is 5.69 Å². The maximum absolute atomic E-state index is 12.1. The Hall–Kier alpha value is -3.01. The summed E-state index contributed by atoms with van der Waals surface area (Å²) in [5, 5.41) is 16.0. The van der Waals surface area contributed by atoms with E-state index < -0.39 is 5.97 Å². The molecule has 4 aliphatic rings. The zero-order chi connectivity index (χ0) is 25.8. The molecule has 5 heterocycles. The summed E-state index contributed by atoms with van der Waals surface area (Å²) in [6.45, 7) is 5.80. The Morgan fingerprint density at radius 1 is 1.05 bits per heavy atom. The third-order valence-electron chi connectivity index (χ3n) is 9.35. The first-order valence-corrected chi connectivity index (χ1v) is 14.1. The van der Waals surface area contributed by atoms with E-state index in [-0.39, 0.29) is 5.69 Å². The standard InChI is InChI=1S/C29H36N6O3/c1-32(23-17-38-18-23)20-10-12-33(13-11-20)22-15-34(16-22)25-14-24(29(36)37)30-28-26(25)27(19-6-5-7-19)31-35(28)21-8-3-2-4-9-21/h2-4,8-9,14,19-20,22-23H,5-7,10-13,15-18H2,1H3,(H,36,37). The van der Waals surface area contributed by atoms with Crippen molar-refractivity contribution in [2.45, 2.75) is 56.1 Å². The highest BCUT2D eigenvalue weighted by Gasteiger charge is 2.39. The van der Waals surface area contributed by atoms with E-state index >= 15 is 0 Å². The van der Waals surface area contributed by atoms with Crippen LogP contribution in [0.2, 0.25) is 0 Å². The van der Waals surface area contributed by atoms with Gasteiger partial charge >= 0.3 is 5.97 Å². The molecule has 0 spiro atoms. The van der Waals surface area contributed by atoms with Crippen molar-refractivity contribution in [1.82, 2.24) is 24.6 Å². The predicted octanol–water partition coefficient (Wildman–Crippen LogP) is 3.37. The number of anilines is 1. The van der Waals surface area contributed by atoms with Gasteiger partial charge in [-0.05, 0) is 50.9 Å². The average molecular weight is 517 g/mol. The van der Waals surface area contributed by atoms with E-state index in [2.05, 4.69) is 26.7 Å². The van der Waals surface area contributed by atoms with Gasteiger partial charge in [0.1, 0.15) is 0 Å². The molecule has 0 amide bonds. The molecule has 0 bridgehead atoms. The molecule has 1 aliphatic carbocycles. The van der Waals surface area contributed by atoms with Gasteiger partial charge in [0.25, 0.3) is 0 Å². The number of ether oxygens (including phenoxy) is 1. The average Bonchev–Trinajstić information content (AvgIpc) is 3.21. The molecule has 200 valence electrons. The van der Waals surface area contributed by atoms with Gasteiger partial charge in [-0.15, -0.1) is 0 Å². The minimum atomic E-state index is -1.00. The fourth-order valence-corrected chi connectivity index (χ4v) is 6.50. The van der Waals surface area contributed by atoms with E-state index in [9.17, 15) is 9.90 Å². The summed E-state index contributed by atoms with van der Waals surface area (Å²) < 4.78 is 7.25. The van der Waals surface area contributed by atoms with Gasteiger partial charge in [0.15, 0.2) is 11.3 Å². The van der Waals surface area contributed by atoms with E-state index in [4.69, 9.17) is 9.84 Å². The summed E-state index contributed by atoms with van der Waals surface area (Å²) >= 11 is 0.